The third-order valence-corrected chi connectivity index (χ3v) is 7.00. The van der Waals surface area contributed by atoms with Gasteiger partial charge in [-0.3, -0.25) is 29.4 Å². The van der Waals surface area contributed by atoms with Crippen molar-refractivity contribution in [3.05, 3.63) is 0 Å². The van der Waals surface area contributed by atoms with Crippen LogP contribution in [0.15, 0.2) is 0 Å². The Morgan fingerprint density at radius 1 is 0.717 bits per heavy atom. The largest absolute Gasteiger partial charge is 0.481 e. The molecule has 17 heteroatoms. The molecule has 0 saturated heterocycles. The molecule has 0 aromatic heterocycles. The Labute approximate surface area is 270 Å². The Morgan fingerprint density at radius 3 is 1.74 bits per heavy atom. The summed E-state index contributed by atoms with van der Waals surface area (Å²) in [5, 5.41) is 38.5. The molecule has 17 nitrogen and oxygen atoms in total. The third-order valence-electron chi connectivity index (χ3n) is 7.00. The highest BCUT2D eigenvalue weighted by Gasteiger charge is 2.32. The summed E-state index contributed by atoms with van der Waals surface area (Å²) in [6, 6.07) is -5.65. The zero-order chi connectivity index (χ0) is 35.2. The molecule has 0 saturated carbocycles. The fourth-order valence-electron chi connectivity index (χ4n) is 4.44. The van der Waals surface area contributed by atoms with E-state index in [-0.39, 0.29) is 44.0 Å². The van der Waals surface area contributed by atoms with Gasteiger partial charge in [-0.2, -0.15) is 0 Å². The number of hydrogen-bond donors (Lipinski definition) is 11. The van der Waals surface area contributed by atoms with Crippen LogP contribution < -0.4 is 43.8 Å². The molecular weight excluding hydrogens is 602 g/mol. The summed E-state index contributed by atoms with van der Waals surface area (Å²) in [4.78, 5) is 75.4. The summed E-state index contributed by atoms with van der Waals surface area (Å²) in [7, 11) is 0. The van der Waals surface area contributed by atoms with Crippen LogP contribution >= 0.6 is 0 Å². The summed E-state index contributed by atoms with van der Waals surface area (Å²) in [5.41, 5.74) is 16.9. The predicted octanol–water partition coefficient (Wildman–Crippen LogP) is -1.17. The maximum absolute atomic E-state index is 13.5. The van der Waals surface area contributed by atoms with E-state index in [1.54, 1.807) is 0 Å². The molecule has 0 aliphatic rings. The van der Waals surface area contributed by atoms with Crippen molar-refractivity contribution in [3.8, 4) is 0 Å². The lowest BCUT2D eigenvalue weighted by molar-refractivity contribution is -0.143. The molecule has 0 fully saturated rings. The van der Waals surface area contributed by atoms with E-state index in [0.29, 0.717) is 45.2 Å². The fourth-order valence-corrected chi connectivity index (χ4v) is 4.44. The van der Waals surface area contributed by atoms with Crippen molar-refractivity contribution < 1.29 is 39.0 Å². The highest BCUT2D eigenvalue weighted by atomic mass is 16.4. The number of carboxylic acid groups (broad SMARTS) is 2. The van der Waals surface area contributed by atoms with Crippen LogP contribution in [0.3, 0.4) is 0 Å². The van der Waals surface area contributed by atoms with Gasteiger partial charge in [0.15, 0.2) is 5.96 Å². The highest BCUT2D eigenvalue weighted by molar-refractivity contribution is 5.95. The van der Waals surface area contributed by atoms with Crippen LogP contribution in [0.5, 0.6) is 0 Å². The molecule has 264 valence electrons. The standard InChI is InChI=1S/C29H55N9O8/c1-4-5-10-19(25(42)37-21(28(45)46)12-13-23(39)40)36-27(44)22(16-17(2)3)38-26(43)20(11-6-7-14-30)35-24(41)18(31)9-8-15-34-29(32)33/h17-22H,4-16,30-31H2,1-3H3,(H,35,41)(H,36,44)(H,37,42)(H,38,43)(H,39,40)(H,45,46)(H4,32,33,34)/t18-,19-,20-,21-,22-/m0/s1. The molecule has 0 aromatic carbocycles. The summed E-state index contributed by atoms with van der Waals surface area (Å²) in [6.45, 7) is 6.28. The molecule has 0 spiro atoms. The molecule has 0 rings (SSSR count). The minimum absolute atomic E-state index is 0.0614. The van der Waals surface area contributed by atoms with Gasteiger partial charge in [0.2, 0.25) is 23.6 Å². The minimum atomic E-state index is -1.47. The number of carbonyl (C=O) groups excluding carboxylic acids is 4. The Morgan fingerprint density at radius 2 is 1.24 bits per heavy atom. The summed E-state index contributed by atoms with van der Waals surface area (Å²) in [6.07, 6.45) is 2.81. The van der Waals surface area contributed by atoms with Gasteiger partial charge in [0.25, 0.3) is 0 Å². The average Bonchev–Trinajstić information content (AvgIpc) is 2.97. The van der Waals surface area contributed by atoms with Crippen molar-refractivity contribution in [1.82, 2.24) is 26.6 Å². The topological polar surface area (TPSA) is 305 Å². The van der Waals surface area contributed by atoms with Gasteiger partial charge in [-0.25, -0.2) is 4.79 Å². The lowest BCUT2D eigenvalue weighted by Crippen LogP contribution is -2.58. The molecule has 4 amide bonds. The zero-order valence-corrected chi connectivity index (χ0v) is 27.2. The summed E-state index contributed by atoms with van der Waals surface area (Å²) >= 11 is 0. The second-order valence-corrected chi connectivity index (χ2v) is 11.7. The quantitative estimate of drug-likeness (QED) is 0.0314. The number of guanidine groups is 1. The van der Waals surface area contributed by atoms with Crippen molar-refractivity contribution in [3.63, 3.8) is 0 Å². The Hall–Kier alpha value is -3.99. The molecule has 14 N–H and O–H groups in total. The number of carbonyl (C=O) groups is 6. The van der Waals surface area contributed by atoms with Gasteiger partial charge in [-0.15, -0.1) is 0 Å². The number of amides is 4. The average molecular weight is 658 g/mol. The molecule has 0 heterocycles. The molecule has 0 radical (unpaired) electrons. The van der Waals surface area contributed by atoms with Gasteiger partial charge < -0.3 is 54.0 Å². The second-order valence-electron chi connectivity index (χ2n) is 11.7. The zero-order valence-electron chi connectivity index (χ0n) is 27.2. The minimum Gasteiger partial charge on any atom is -0.481 e. The molecule has 0 aliphatic heterocycles. The predicted molar refractivity (Wildman–Crippen MR) is 171 cm³/mol. The van der Waals surface area contributed by atoms with Crippen LogP contribution in [0.25, 0.3) is 0 Å². The van der Waals surface area contributed by atoms with E-state index in [1.165, 1.54) is 0 Å². The lowest BCUT2D eigenvalue weighted by Gasteiger charge is -2.27. The van der Waals surface area contributed by atoms with Crippen molar-refractivity contribution in [2.75, 3.05) is 13.1 Å². The third kappa shape index (κ3) is 18.7. The summed E-state index contributed by atoms with van der Waals surface area (Å²) in [5.74, 6) is -5.52. The number of aliphatic carboxylic acids is 2. The van der Waals surface area contributed by atoms with Crippen molar-refractivity contribution in [1.29, 1.82) is 5.41 Å². The van der Waals surface area contributed by atoms with Gasteiger partial charge in [0.1, 0.15) is 24.2 Å². The van der Waals surface area contributed by atoms with E-state index in [2.05, 4.69) is 26.6 Å². The lowest BCUT2D eigenvalue weighted by atomic mass is 10.0. The number of hydrogen-bond acceptors (Lipinski definition) is 9. The first-order chi connectivity index (χ1) is 21.6. The summed E-state index contributed by atoms with van der Waals surface area (Å²) < 4.78 is 0. The van der Waals surface area contributed by atoms with Crippen molar-refractivity contribution in [2.45, 2.75) is 122 Å². The van der Waals surface area contributed by atoms with Gasteiger partial charge in [-0.05, 0) is 63.8 Å². The number of carboxylic acids is 2. The van der Waals surface area contributed by atoms with Gasteiger partial charge in [-0.1, -0.05) is 33.6 Å². The van der Waals surface area contributed by atoms with E-state index >= 15 is 0 Å². The number of unbranched alkanes of at least 4 members (excludes halogenated alkanes) is 2. The first-order valence-corrected chi connectivity index (χ1v) is 15.8. The SMILES string of the molecule is CCCC[C@H](NC(=O)[C@H](CC(C)C)NC(=O)[C@H](CCCCN)NC(=O)[C@@H](N)CCCNC(=N)N)C(=O)N[C@@H](CCC(=O)O)C(=O)O. The first kappa shape index (κ1) is 42.0. The molecule has 0 unspecified atom stereocenters. The van der Waals surface area contributed by atoms with Crippen LogP contribution in [0.4, 0.5) is 0 Å². The van der Waals surface area contributed by atoms with E-state index < -0.39 is 72.2 Å². The van der Waals surface area contributed by atoms with Gasteiger partial charge in [0.05, 0.1) is 6.04 Å². The molecule has 0 aliphatic carbocycles. The van der Waals surface area contributed by atoms with Crippen LogP contribution in [0.2, 0.25) is 0 Å². The molecule has 5 atom stereocenters. The Bertz CT molecular complexity index is 1010. The highest BCUT2D eigenvalue weighted by Crippen LogP contribution is 2.10. The number of rotatable bonds is 25. The van der Waals surface area contributed by atoms with Crippen molar-refractivity contribution in [2.24, 2.45) is 23.1 Å². The maximum Gasteiger partial charge on any atom is 0.326 e. The number of nitrogens with two attached hydrogens (primary N) is 3. The molecule has 46 heavy (non-hydrogen) atoms. The van der Waals surface area contributed by atoms with Crippen LogP contribution in [0.1, 0.15) is 91.4 Å². The van der Waals surface area contributed by atoms with E-state index in [0.717, 1.165) is 0 Å². The molecular formula is C29H55N9O8. The Balaban J connectivity index is 5.78. The van der Waals surface area contributed by atoms with Crippen molar-refractivity contribution >= 4 is 41.5 Å². The van der Waals surface area contributed by atoms with Crippen LogP contribution in [-0.4, -0.2) is 95.0 Å². The second kappa shape index (κ2) is 23.4. The smallest absolute Gasteiger partial charge is 0.326 e. The van der Waals surface area contributed by atoms with E-state index in [9.17, 15) is 33.9 Å². The molecule has 0 bridgehead atoms. The van der Waals surface area contributed by atoms with Gasteiger partial charge >= 0.3 is 11.9 Å². The fraction of sp³-hybridized carbons (Fsp3) is 0.759. The number of nitrogens with one attached hydrogen (secondary N) is 6. The van der Waals surface area contributed by atoms with E-state index in [4.69, 9.17) is 27.7 Å². The van der Waals surface area contributed by atoms with Gasteiger partial charge in [0, 0.05) is 13.0 Å². The normalized spacial score (nSPS) is 14.2. The first-order valence-electron chi connectivity index (χ1n) is 15.8. The monoisotopic (exact) mass is 657 g/mol. The van der Waals surface area contributed by atoms with Crippen LogP contribution in [-0.2, 0) is 28.8 Å². The Kier molecular flexibility index (Phi) is 21.3. The van der Waals surface area contributed by atoms with Crippen LogP contribution in [0, 0.1) is 11.3 Å². The molecule has 0 aromatic rings. The van der Waals surface area contributed by atoms with E-state index in [1.807, 2.05) is 20.8 Å². The maximum atomic E-state index is 13.5.